The molecule has 1 heterocycles. The van der Waals surface area contributed by atoms with Crippen molar-refractivity contribution in [2.24, 2.45) is 0 Å². The first-order valence-electron chi connectivity index (χ1n) is 6.17. The third kappa shape index (κ3) is 3.78. The number of aliphatic hydroxyl groups is 1. The largest absolute Gasteiger partial charge is 0.480 e. The molecule has 114 valence electrons. The molecule has 0 aliphatic heterocycles. The third-order valence-corrected chi connectivity index (χ3v) is 4.76. The number of hydrogen-bond acceptors (Lipinski definition) is 5. The molecule has 0 unspecified atom stereocenters. The normalized spacial score (nSPS) is 12.6. The second-order valence-corrected chi connectivity index (χ2v) is 6.20. The summed E-state index contributed by atoms with van der Waals surface area (Å²) in [5.41, 5.74) is -0.923. The van der Waals surface area contributed by atoms with Crippen molar-refractivity contribution in [3.63, 3.8) is 0 Å². The van der Waals surface area contributed by atoms with Crippen LogP contribution in [0.2, 0.25) is 0 Å². The van der Waals surface area contributed by atoms with Gasteiger partial charge in [0.25, 0.3) is 0 Å². The summed E-state index contributed by atoms with van der Waals surface area (Å²) in [6.07, 6.45) is 3.09. The highest BCUT2D eigenvalue weighted by molar-refractivity contribution is 7.89. The van der Waals surface area contributed by atoms with Gasteiger partial charge in [0, 0.05) is 6.20 Å². The molecule has 3 N–H and O–H groups in total. The Balaban J connectivity index is 2.99. The summed E-state index contributed by atoms with van der Waals surface area (Å²) in [6, 6.07) is 0. The maximum atomic E-state index is 12.2. The van der Waals surface area contributed by atoms with E-state index in [4.69, 9.17) is 5.11 Å². The van der Waals surface area contributed by atoms with E-state index in [0.29, 0.717) is 12.8 Å². The number of hydrogen-bond donors (Lipinski definition) is 3. The van der Waals surface area contributed by atoms with Gasteiger partial charge < -0.3 is 10.2 Å². The number of aliphatic hydroxyl groups excluding tert-OH is 1. The van der Waals surface area contributed by atoms with Crippen LogP contribution < -0.4 is 4.72 Å². The quantitative estimate of drug-likeness (QED) is 0.611. The molecule has 0 amide bonds. The van der Waals surface area contributed by atoms with Crippen LogP contribution in [0.25, 0.3) is 0 Å². The maximum absolute atomic E-state index is 12.2. The van der Waals surface area contributed by atoms with E-state index in [1.54, 1.807) is 13.8 Å². The number of sulfonamides is 1. The lowest BCUT2D eigenvalue weighted by atomic mass is 9.96. The van der Waals surface area contributed by atoms with Crippen LogP contribution in [0.1, 0.15) is 26.7 Å². The van der Waals surface area contributed by atoms with Gasteiger partial charge in [-0.05, 0) is 12.8 Å². The van der Waals surface area contributed by atoms with Crippen molar-refractivity contribution in [1.29, 1.82) is 0 Å². The van der Waals surface area contributed by atoms with Gasteiger partial charge in [-0.1, -0.05) is 13.8 Å². The second kappa shape index (κ2) is 6.33. The van der Waals surface area contributed by atoms with Crippen LogP contribution in [0.15, 0.2) is 17.3 Å². The van der Waals surface area contributed by atoms with Crippen molar-refractivity contribution in [3.05, 3.63) is 12.4 Å². The zero-order valence-electron chi connectivity index (χ0n) is 11.4. The summed E-state index contributed by atoms with van der Waals surface area (Å²) in [5.74, 6) is -1.11. The number of nitrogens with zero attached hydrogens (tertiary/aromatic N) is 2. The minimum absolute atomic E-state index is 0.126. The number of aromatic nitrogens is 2. The zero-order chi connectivity index (χ0) is 15.4. The summed E-state index contributed by atoms with van der Waals surface area (Å²) in [4.78, 5) is 10.4. The fraction of sp³-hybridized carbons (Fsp3) is 0.636. The first kappa shape index (κ1) is 16.6. The summed E-state index contributed by atoms with van der Waals surface area (Å²) in [6.45, 7) is 2.82. The summed E-state index contributed by atoms with van der Waals surface area (Å²) < 4.78 is 27.9. The third-order valence-electron chi connectivity index (χ3n) is 3.22. The summed E-state index contributed by atoms with van der Waals surface area (Å²) >= 11 is 0. The van der Waals surface area contributed by atoms with Crippen LogP contribution in [0, 0.1) is 0 Å². The minimum Gasteiger partial charge on any atom is -0.480 e. The van der Waals surface area contributed by atoms with Crippen molar-refractivity contribution in [1.82, 2.24) is 14.5 Å². The van der Waals surface area contributed by atoms with Crippen LogP contribution in [-0.4, -0.2) is 46.5 Å². The SMILES string of the molecule is CCC(CC)(CO)NS(=O)(=O)c1cnn(CC(=O)O)c1. The van der Waals surface area contributed by atoms with E-state index in [9.17, 15) is 18.3 Å². The Morgan fingerprint density at radius 3 is 2.50 bits per heavy atom. The average molecular weight is 305 g/mol. The average Bonchev–Trinajstić information content (AvgIpc) is 2.84. The molecule has 0 saturated carbocycles. The molecule has 0 bridgehead atoms. The molecule has 1 aromatic heterocycles. The maximum Gasteiger partial charge on any atom is 0.325 e. The number of aliphatic carboxylic acids is 1. The number of carboxylic acid groups (broad SMARTS) is 1. The Morgan fingerprint density at radius 2 is 2.05 bits per heavy atom. The molecule has 0 fully saturated rings. The molecule has 1 aromatic rings. The lowest BCUT2D eigenvalue weighted by Crippen LogP contribution is -2.50. The van der Waals surface area contributed by atoms with Crippen molar-refractivity contribution in [2.75, 3.05) is 6.61 Å². The van der Waals surface area contributed by atoms with Gasteiger partial charge in [0.15, 0.2) is 0 Å². The van der Waals surface area contributed by atoms with Gasteiger partial charge in [0.2, 0.25) is 10.0 Å². The number of carboxylic acids is 1. The minimum atomic E-state index is -3.86. The predicted octanol–water partition coefficient (Wildman–Crippen LogP) is -0.203. The molecule has 1 rings (SSSR count). The molecular formula is C11H19N3O5S. The van der Waals surface area contributed by atoms with E-state index in [1.807, 2.05) is 0 Å². The van der Waals surface area contributed by atoms with Crippen LogP contribution in [0.3, 0.4) is 0 Å². The predicted molar refractivity (Wildman–Crippen MR) is 70.6 cm³/mol. The highest BCUT2D eigenvalue weighted by Crippen LogP contribution is 2.18. The van der Waals surface area contributed by atoms with Gasteiger partial charge in [-0.15, -0.1) is 0 Å². The van der Waals surface area contributed by atoms with Gasteiger partial charge in [-0.2, -0.15) is 5.10 Å². The molecule has 0 radical (unpaired) electrons. The molecule has 0 aliphatic carbocycles. The Kier molecular flexibility index (Phi) is 5.26. The summed E-state index contributed by atoms with van der Waals surface area (Å²) in [7, 11) is -3.86. The second-order valence-electron chi connectivity index (χ2n) is 4.52. The van der Waals surface area contributed by atoms with Crippen LogP contribution in [-0.2, 0) is 21.4 Å². The number of nitrogens with one attached hydrogen (secondary N) is 1. The fourth-order valence-electron chi connectivity index (χ4n) is 1.70. The lowest BCUT2D eigenvalue weighted by molar-refractivity contribution is -0.137. The molecule has 8 nitrogen and oxygen atoms in total. The lowest BCUT2D eigenvalue weighted by Gasteiger charge is -2.29. The Labute approximate surface area is 117 Å². The van der Waals surface area contributed by atoms with Gasteiger partial charge >= 0.3 is 5.97 Å². The van der Waals surface area contributed by atoms with E-state index in [-0.39, 0.29) is 11.5 Å². The topological polar surface area (TPSA) is 122 Å². The highest BCUT2D eigenvalue weighted by atomic mass is 32.2. The number of carbonyl (C=O) groups is 1. The molecule has 0 spiro atoms. The summed E-state index contributed by atoms with van der Waals surface area (Å²) in [5, 5.41) is 21.7. The first-order chi connectivity index (χ1) is 9.28. The number of rotatable bonds is 8. The van der Waals surface area contributed by atoms with Gasteiger partial charge in [-0.25, -0.2) is 13.1 Å². The molecule has 20 heavy (non-hydrogen) atoms. The van der Waals surface area contributed by atoms with E-state index in [0.717, 1.165) is 17.1 Å². The monoisotopic (exact) mass is 305 g/mol. The molecular weight excluding hydrogens is 286 g/mol. The fourth-order valence-corrected chi connectivity index (χ4v) is 3.19. The Hall–Kier alpha value is -1.45. The molecule has 0 aliphatic rings. The molecule has 0 saturated heterocycles. The molecule has 0 aromatic carbocycles. The van der Waals surface area contributed by atoms with E-state index >= 15 is 0 Å². The Bertz CT molecular complexity index is 554. The van der Waals surface area contributed by atoms with Gasteiger partial charge in [0.1, 0.15) is 11.4 Å². The zero-order valence-corrected chi connectivity index (χ0v) is 12.2. The Morgan fingerprint density at radius 1 is 1.45 bits per heavy atom. The van der Waals surface area contributed by atoms with E-state index in [1.165, 1.54) is 0 Å². The standard InChI is InChI=1S/C11H19N3O5S/c1-3-11(4-2,8-15)13-20(18,19)9-5-12-14(6-9)7-10(16)17/h5-6,13,15H,3-4,7-8H2,1-2H3,(H,16,17). The molecule has 9 heteroatoms. The molecule has 0 atom stereocenters. The van der Waals surface area contributed by atoms with Crippen LogP contribution >= 0.6 is 0 Å². The van der Waals surface area contributed by atoms with Gasteiger partial charge in [-0.3, -0.25) is 9.48 Å². The van der Waals surface area contributed by atoms with Crippen molar-refractivity contribution in [2.45, 2.75) is 43.7 Å². The van der Waals surface area contributed by atoms with Crippen molar-refractivity contribution in [3.8, 4) is 0 Å². The van der Waals surface area contributed by atoms with E-state index in [2.05, 4.69) is 9.82 Å². The van der Waals surface area contributed by atoms with E-state index < -0.39 is 28.1 Å². The highest BCUT2D eigenvalue weighted by Gasteiger charge is 2.32. The van der Waals surface area contributed by atoms with Crippen LogP contribution in [0.4, 0.5) is 0 Å². The van der Waals surface area contributed by atoms with Gasteiger partial charge in [0.05, 0.1) is 18.3 Å². The van der Waals surface area contributed by atoms with Crippen molar-refractivity contribution < 1.29 is 23.4 Å². The smallest absolute Gasteiger partial charge is 0.325 e. The van der Waals surface area contributed by atoms with Crippen LogP contribution in [0.5, 0.6) is 0 Å². The first-order valence-corrected chi connectivity index (χ1v) is 7.66. The van der Waals surface area contributed by atoms with Crippen molar-refractivity contribution >= 4 is 16.0 Å².